The van der Waals surface area contributed by atoms with E-state index in [4.69, 9.17) is 0 Å². The fraction of sp³-hybridized carbons (Fsp3) is 0.278. The van der Waals surface area contributed by atoms with E-state index in [0.717, 1.165) is 12.1 Å². The highest BCUT2D eigenvalue weighted by atomic mass is 32.2. The lowest BCUT2D eigenvalue weighted by atomic mass is 10.1. The number of hydrazone groups is 1. The third-order valence-electron chi connectivity index (χ3n) is 4.26. The standard InChI is InChI=1S/C18H20F2N4O2S/c1-13(22-23-18-7-4-15(19)12-17(18)20)14-2-5-16(6-3-14)27(25,26)24-10-8-21-9-11-24/h2-7,12,21,23H,8-11H2,1H3/b22-13-. The Labute approximate surface area is 156 Å². The van der Waals surface area contributed by atoms with Crippen LogP contribution in [0.15, 0.2) is 52.5 Å². The molecule has 0 radical (unpaired) electrons. The highest BCUT2D eigenvalue weighted by Gasteiger charge is 2.25. The van der Waals surface area contributed by atoms with Crippen LogP contribution < -0.4 is 10.7 Å². The number of hydrogen-bond acceptors (Lipinski definition) is 5. The van der Waals surface area contributed by atoms with E-state index in [1.54, 1.807) is 19.1 Å². The molecule has 27 heavy (non-hydrogen) atoms. The molecule has 0 saturated carbocycles. The summed E-state index contributed by atoms with van der Waals surface area (Å²) in [5.41, 5.74) is 3.81. The lowest BCUT2D eigenvalue weighted by Crippen LogP contribution is -2.46. The van der Waals surface area contributed by atoms with Crippen molar-refractivity contribution in [2.75, 3.05) is 31.6 Å². The highest BCUT2D eigenvalue weighted by Crippen LogP contribution is 2.18. The van der Waals surface area contributed by atoms with Crippen LogP contribution in [0.2, 0.25) is 0 Å². The number of hydrogen-bond donors (Lipinski definition) is 2. The maximum Gasteiger partial charge on any atom is 0.243 e. The Balaban J connectivity index is 1.74. The Morgan fingerprint density at radius 1 is 1.11 bits per heavy atom. The second kappa shape index (κ2) is 8.12. The van der Waals surface area contributed by atoms with E-state index >= 15 is 0 Å². The summed E-state index contributed by atoms with van der Waals surface area (Å²) in [6.45, 7) is 3.85. The van der Waals surface area contributed by atoms with Crippen LogP contribution >= 0.6 is 0 Å². The van der Waals surface area contributed by atoms with E-state index in [2.05, 4.69) is 15.8 Å². The summed E-state index contributed by atoms with van der Waals surface area (Å²) in [6, 6.07) is 9.52. The maximum atomic E-state index is 13.6. The van der Waals surface area contributed by atoms with Gasteiger partial charge in [-0.25, -0.2) is 17.2 Å². The van der Waals surface area contributed by atoms with Gasteiger partial charge in [0.05, 0.1) is 16.3 Å². The lowest BCUT2D eigenvalue weighted by Gasteiger charge is -2.26. The number of nitrogens with zero attached hydrogens (tertiary/aromatic N) is 2. The fourth-order valence-corrected chi connectivity index (χ4v) is 4.13. The van der Waals surface area contributed by atoms with Gasteiger partial charge in [-0.3, -0.25) is 5.43 Å². The zero-order chi connectivity index (χ0) is 19.4. The average molecular weight is 394 g/mol. The van der Waals surface area contributed by atoms with Gasteiger partial charge in [-0.2, -0.15) is 9.41 Å². The quantitative estimate of drug-likeness (QED) is 0.603. The van der Waals surface area contributed by atoms with Crippen LogP contribution in [-0.4, -0.2) is 44.6 Å². The van der Waals surface area contributed by atoms with Crippen LogP contribution in [-0.2, 0) is 10.0 Å². The molecule has 0 amide bonds. The first-order valence-electron chi connectivity index (χ1n) is 8.44. The monoisotopic (exact) mass is 394 g/mol. The van der Waals surface area contributed by atoms with E-state index in [1.807, 2.05) is 0 Å². The van der Waals surface area contributed by atoms with Crippen molar-refractivity contribution in [3.05, 3.63) is 59.7 Å². The van der Waals surface area contributed by atoms with Gasteiger partial charge in [-0.15, -0.1) is 0 Å². The van der Waals surface area contributed by atoms with Crippen LogP contribution in [0.4, 0.5) is 14.5 Å². The van der Waals surface area contributed by atoms with Crippen LogP contribution in [0.3, 0.4) is 0 Å². The molecular formula is C18H20F2N4O2S. The smallest absolute Gasteiger partial charge is 0.243 e. The van der Waals surface area contributed by atoms with Gasteiger partial charge in [-0.05, 0) is 36.8 Å². The van der Waals surface area contributed by atoms with E-state index in [0.29, 0.717) is 37.5 Å². The first kappa shape index (κ1) is 19.4. The number of benzene rings is 2. The molecule has 2 N–H and O–H groups in total. The molecule has 1 aliphatic heterocycles. The number of rotatable bonds is 5. The molecule has 1 saturated heterocycles. The molecule has 0 spiro atoms. The number of nitrogens with one attached hydrogen (secondary N) is 2. The third kappa shape index (κ3) is 4.49. The second-order valence-corrected chi connectivity index (χ2v) is 8.05. The minimum Gasteiger partial charge on any atom is -0.314 e. The average Bonchev–Trinajstić information content (AvgIpc) is 2.68. The predicted molar refractivity (Wildman–Crippen MR) is 100 cm³/mol. The molecule has 0 aromatic heterocycles. The normalized spacial score (nSPS) is 16.3. The highest BCUT2D eigenvalue weighted by molar-refractivity contribution is 7.89. The van der Waals surface area contributed by atoms with Gasteiger partial charge in [0, 0.05) is 32.2 Å². The van der Waals surface area contributed by atoms with E-state index in [-0.39, 0.29) is 10.6 Å². The minimum absolute atomic E-state index is 0.0497. The van der Waals surface area contributed by atoms with Crippen molar-refractivity contribution in [2.24, 2.45) is 5.10 Å². The van der Waals surface area contributed by atoms with Crippen molar-refractivity contribution in [2.45, 2.75) is 11.8 Å². The molecule has 0 bridgehead atoms. The second-order valence-electron chi connectivity index (χ2n) is 6.11. The van der Waals surface area contributed by atoms with Crippen LogP contribution in [0.1, 0.15) is 12.5 Å². The first-order chi connectivity index (χ1) is 12.9. The van der Waals surface area contributed by atoms with Crippen molar-refractivity contribution in [3.8, 4) is 0 Å². The van der Waals surface area contributed by atoms with Crippen LogP contribution in [0.5, 0.6) is 0 Å². The van der Waals surface area contributed by atoms with Crippen LogP contribution in [0, 0.1) is 11.6 Å². The molecule has 1 fully saturated rings. The number of anilines is 1. The molecule has 1 heterocycles. The van der Waals surface area contributed by atoms with Gasteiger partial charge in [-0.1, -0.05) is 12.1 Å². The van der Waals surface area contributed by atoms with Crippen LogP contribution in [0.25, 0.3) is 0 Å². The fourth-order valence-electron chi connectivity index (χ4n) is 2.69. The summed E-state index contributed by atoms with van der Waals surface area (Å²) in [6.07, 6.45) is 0. The third-order valence-corrected chi connectivity index (χ3v) is 6.17. The van der Waals surface area contributed by atoms with Crippen molar-refractivity contribution < 1.29 is 17.2 Å². The number of halogens is 2. The zero-order valence-corrected chi connectivity index (χ0v) is 15.6. The topological polar surface area (TPSA) is 73.8 Å². The molecule has 0 atom stereocenters. The molecule has 2 aromatic carbocycles. The molecular weight excluding hydrogens is 374 g/mol. The zero-order valence-electron chi connectivity index (χ0n) is 14.7. The number of sulfonamides is 1. The Morgan fingerprint density at radius 2 is 1.78 bits per heavy atom. The summed E-state index contributed by atoms with van der Waals surface area (Å²) in [5, 5.41) is 7.19. The number of piperazine rings is 1. The summed E-state index contributed by atoms with van der Waals surface area (Å²) in [7, 11) is -3.52. The van der Waals surface area contributed by atoms with Gasteiger partial charge in [0.1, 0.15) is 5.82 Å². The van der Waals surface area contributed by atoms with E-state index in [9.17, 15) is 17.2 Å². The molecule has 9 heteroatoms. The van der Waals surface area contributed by atoms with Gasteiger partial charge < -0.3 is 5.32 Å². The molecule has 1 aliphatic rings. The largest absolute Gasteiger partial charge is 0.314 e. The summed E-state index contributed by atoms with van der Waals surface area (Å²) in [5.74, 6) is -1.41. The Bertz CT molecular complexity index is 940. The van der Waals surface area contributed by atoms with Gasteiger partial charge in [0.25, 0.3) is 0 Å². The van der Waals surface area contributed by atoms with Crippen molar-refractivity contribution in [3.63, 3.8) is 0 Å². The summed E-state index contributed by atoms with van der Waals surface area (Å²) >= 11 is 0. The van der Waals surface area contributed by atoms with Crippen molar-refractivity contribution in [1.82, 2.24) is 9.62 Å². The molecule has 0 unspecified atom stereocenters. The maximum absolute atomic E-state index is 13.6. The lowest BCUT2D eigenvalue weighted by molar-refractivity contribution is 0.360. The minimum atomic E-state index is -3.52. The molecule has 3 rings (SSSR count). The summed E-state index contributed by atoms with van der Waals surface area (Å²) < 4.78 is 53.2. The first-order valence-corrected chi connectivity index (χ1v) is 9.88. The molecule has 2 aromatic rings. The van der Waals surface area contributed by atoms with Gasteiger partial charge in [0.2, 0.25) is 10.0 Å². The molecule has 0 aliphatic carbocycles. The van der Waals surface area contributed by atoms with E-state index < -0.39 is 21.7 Å². The Hall–Kier alpha value is -2.36. The van der Waals surface area contributed by atoms with Crippen molar-refractivity contribution >= 4 is 21.4 Å². The predicted octanol–water partition coefficient (Wildman–Crippen LogP) is 2.39. The molecule has 144 valence electrons. The van der Waals surface area contributed by atoms with Gasteiger partial charge in [0.15, 0.2) is 5.82 Å². The summed E-state index contributed by atoms with van der Waals surface area (Å²) in [4.78, 5) is 0.221. The molecule has 6 nitrogen and oxygen atoms in total. The Kier molecular flexibility index (Phi) is 5.83. The van der Waals surface area contributed by atoms with E-state index in [1.165, 1.54) is 22.5 Å². The van der Waals surface area contributed by atoms with Gasteiger partial charge >= 0.3 is 0 Å². The van der Waals surface area contributed by atoms with Crippen molar-refractivity contribution in [1.29, 1.82) is 0 Å². The SMILES string of the molecule is C/C(=N/Nc1ccc(F)cc1F)c1ccc(S(=O)(=O)N2CCNCC2)cc1. The Morgan fingerprint density at radius 3 is 2.41 bits per heavy atom.